The number of aromatic nitrogens is 2. The van der Waals surface area contributed by atoms with Crippen LogP contribution in [0.2, 0.25) is 0 Å². The number of nitrogens with zero attached hydrogens (tertiary/aromatic N) is 2. The van der Waals surface area contributed by atoms with Gasteiger partial charge in [0.2, 0.25) is 0 Å². The number of benzene rings is 2. The molecule has 1 aromatic heterocycles. The quantitative estimate of drug-likeness (QED) is 0.784. The molecule has 0 spiro atoms. The first-order chi connectivity index (χ1) is 10.8. The summed E-state index contributed by atoms with van der Waals surface area (Å²) in [5.41, 5.74) is 3.96. The van der Waals surface area contributed by atoms with Gasteiger partial charge < -0.3 is 10.1 Å². The van der Waals surface area contributed by atoms with Gasteiger partial charge in [0.1, 0.15) is 5.82 Å². The third-order valence-electron chi connectivity index (χ3n) is 3.71. The Morgan fingerprint density at radius 3 is 2.82 bits per heavy atom. The van der Waals surface area contributed by atoms with E-state index in [1.165, 1.54) is 12.1 Å². The first-order valence-corrected chi connectivity index (χ1v) is 7.06. The second-order valence-corrected chi connectivity index (χ2v) is 5.19. The molecular weight excluding hydrogens is 281 g/mol. The van der Waals surface area contributed by atoms with E-state index in [2.05, 4.69) is 10.4 Å². The molecule has 110 valence electrons. The van der Waals surface area contributed by atoms with Crippen LogP contribution in [-0.4, -0.2) is 9.78 Å². The van der Waals surface area contributed by atoms with Crippen molar-refractivity contribution in [1.82, 2.24) is 9.78 Å². The van der Waals surface area contributed by atoms with Crippen LogP contribution in [-0.2, 0) is 11.3 Å². The van der Waals surface area contributed by atoms with Crippen molar-refractivity contribution in [3.8, 4) is 5.69 Å². The fourth-order valence-corrected chi connectivity index (χ4v) is 2.53. The van der Waals surface area contributed by atoms with E-state index in [-0.39, 0.29) is 12.0 Å². The summed E-state index contributed by atoms with van der Waals surface area (Å²) >= 11 is 0. The van der Waals surface area contributed by atoms with E-state index in [0.29, 0.717) is 6.61 Å². The van der Waals surface area contributed by atoms with E-state index < -0.39 is 0 Å². The minimum atomic E-state index is -0.259. The Balaban J connectivity index is 1.59. The van der Waals surface area contributed by atoms with Crippen molar-refractivity contribution in [2.45, 2.75) is 12.8 Å². The molecule has 2 aromatic carbocycles. The van der Waals surface area contributed by atoms with Crippen molar-refractivity contribution in [3.05, 3.63) is 77.9 Å². The summed E-state index contributed by atoms with van der Waals surface area (Å²) in [4.78, 5) is 0. The molecule has 3 aromatic rings. The molecule has 1 atom stereocenters. The Morgan fingerprint density at radius 2 is 1.95 bits per heavy atom. The highest BCUT2D eigenvalue weighted by atomic mass is 19.1. The lowest BCUT2D eigenvalue weighted by molar-refractivity contribution is 0.0507. The average Bonchev–Trinajstić information content (AvgIpc) is 3.05. The standard InChI is InChI=1S/C17H14FN3O/c18-14-5-7-15(8-6-14)21-10-13(9-19-21)17-20-16-4-2-1-3-12(16)11-22-17/h1-10,17,20H,11H2. The molecular formula is C17H14FN3O. The number of nitrogens with one attached hydrogen (secondary N) is 1. The first kappa shape index (κ1) is 13.0. The summed E-state index contributed by atoms with van der Waals surface area (Å²) < 4.78 is 20.5. The summed E-state index contributed by atoms with van der Waals surface area (Å²) in [7, 11) is 0. The van der Waals surface area contributed by atoms with Crippen molar-refractivity contribution < 1.29 is 9.13 Å². The summed E-state index contributed by atoms with van der Waals surface area (Å²) in [6.07, 6.45) is 3.41. The smallest absolute Gasteiger partial charge is 0.157 e. The largest absolute Gasteiger partial charge is 0.356 e. The zero-order valence-electron chi connectivity index (χ0n) is 11.7. The second kappa shape index (κ2) is 5.27. The predicted molar refractivity (Wildman–Crippen MR) is 81.1 cm³/mol. The third kappa shape index (κ3) is 2.35. The number of fused-ring (bicyclic) bond motifs is 1. The van der Waals surface area contributed by atoms with Gasteiger partial charge in [-0.25, -0.2) is 9.07 Å². The fourth-order valence-electron chi connectivity index (χ4n) is 2.53. The van der Waals surface area contributed by atoms with Gasteiger partial charge in [-0.15, -0.1) is 0 Å². The molecule has 4 rings (SSSR count). The molecule has 0 aliphatic carbocycles. The SMILES string of the molecule is Fc1ccc(-n2cc(C3Nc4ccccc4CO3)cn2)cc1. The van der Waals surface area contributed by atoms with Crippen molar-refractivity contribution in [2.24, 2.45) is 0 Å². The number of anilines is 1. The van der Waals surface area contributed by atoms with Gasteiger partial charge in [-0.1, -0.05) is 18.2 Å². The van der Waals surface area contributed by atoms with Gasteiger partial charge in [0, 0.05) is 23.0 Å². The normalized spacial score (nSPS) is 16.9. The lowest BCUT2D eigenvalue weighted by Gasteiger charge is -2.26. The third-order valence-corrected chi connectivity index (χ3v) is 3.71. The zero-order valence-corrected chi connectivity index (χ0v) is 11.7. The molecule has 0 radical (unpaired) electrons. The van der Waals surface area contributed by atoms with Crippen LogP contribution in [0.3, 0.4) is 0 Å². The molecule has 4 nitrogen and oxygen atoms in total. The second-order valence-electron chi connectivity index (χ2n) is 5.19. The molecule has 0 amide bonds. The van der Waals surface area contributed by atoms with Crippen LogP contribution in [0.25, 0.3) is 5.69 Å². The van der Waals surface area contributed by atoms with Gasteiger partial charge in [0.25, 0.3) is 0 Å². The lowest BCUT2D eigenvalue weighted by Crippen LogP contribution is -2.20. The van der Waals surface area contributed by atoms with Crippen LogP contribution in [0.1, 0.15) is 17.4 Å². The van der Waals surface area contributed by atoms with Crippen molar-refractivity contribution in [1.29, 1.82) is 0 Å². The molecule has 0 fully saturated rings. The zero-order chi connectivity index (χ0) is 14.9. The van der Waals surface area contributed by atoms with E-state index in [9.17, 15) is 4.39 Å². The van der Waals surface area contributed by atoms with Gasteiger partial charge in [-0.2, -0.15) is 5.10 Å². The van der Waals surface area contributed by atoms with Gasteiger partial charge >= 0.3 is 0 Å². The number of ether oxygens (including phenoxy) is 1. The van der Waals surface area contributed by atoms with Crippen LogP contribution in [0, 0.1) is 5.82 Å². The minimum absolute atomic E-state index is 0.232. The molecule has 0 saturated heterocycles. The van der Waals surface area contributed by atoms with E-state index in [1.54, 1.807) is 23.0 Å². The number of rotatable bonds is 2. The maximum atomic E-state index is 13.0. The van der Waals surface area contributed by atoms with Crippen LogP contribution in [0.4, 0.5) is 10.1 Å². The van der Waals surface area contributed by atoms with Gasteiger partial charge in [0.05, 0.1) is 18.5 Å². The molecule has 5 heteroatoms. The number of hydrogen-bond donors (Lipinski definition) is 1. The highest BCUT2D eigenvalue weighted by Crippen LogP contribution is 2.30. The molecule has 1 aliphatic heterocycles. The van der Waals surface area contributed by atoms with E-state index >= 15 is 0 Å². The lowest BCUT2D eigenvalue weighted by atomic mass is 10.1. The van der Waals surface area contributed by atoms with Gasteiger partial charge in [0.15, 0.2) is 6.23 Å². The highest BCUT2D eigenvalue weighted by molar-refractivity contribution is 5.53. The first-order valence-electron chi connectivity index (χ1n) is 7.06. The summed E-state index contributed by atoms with van der Waals surface area (Å²) in [5, 5.41) is 7.67. The summed E-state index contributed by atoms with van der Waals surface area (Å²) in [6, 6.07) is 14.3. The average molecular weight is 295 g/mol. The van der Waals surface area contributed by atoms with Crippen LogP contribution >= 0.6 is 0 Å². The van der Waals surface area contributed by atoms with Gasteiger partial charge in [-0.3, -0.25) is 0 Å². The Morgan fingerprint density at radius 1 is 1.14 bits per heavy atom. The van der Waals surface area contributed by atoms with E-state index in [1.807, 2.05) is 30.5 Å². The molecule has 1 N–H and O–H groups in total. The van der Waals surface area contributed by atoms with Crippen LogP contribution < -0.4 is 5.32 Å². The summed E-state index contributed by atoms with van der Waals surface area (Å²) in [6.45, 7) is 0.565. The predicted octanol–water partition coefficient (Wildman–Crippen LogP) is 3.65. The summed E-state index contributed by atoms with van der Waals surface area (Å²) in [5.74, 6) is -0.259. The van der Waals surface area contributed by atoms with Gasteiger partial charge in [-0.05, 0) is 30.3 Å². The number of hydrogen-bond acceptors (Lipinski definition) is 3. The van der Waals surface area contributed by atoms with Crippen molar-refractivity contribution in [3.63, 3.8) is 0 Å². The number of halogens is 1. The molecule has 2 heterocycles. The van der Waals surface area contributed by atoms with Crippen LogP contribution in [0.15, 0.2) is 60.9 Å². The molecule has 1 unspecified atom stereocenters. The molecule has 0 bridgehead atoms. The fraction of sp³-hybridized carbons (Fsp3) is 0.118. The molecule has 22 heavy (non-hydrogen) atoms. The van der Waals surface area contributed by atoms with E-state index in [4.69, 9.17) is 4.74 Å². The Labute approximate surface area is 127 Å². The highest BCUT2D eigenvalue weighted by Gasteiger charge is 2.20. The number of para-hydroxylation sites is 1. The minimum Gasteiger partial charge on any atom is -0.356 e. The van der Waals surface area contributed by atoms with Crippen LogP contribution in [0.5, 0.6) is 0 Å². The Bertz CT molecular complexity index is 798. The molecule has 1 aliphatic rings. The monoisotopic (exact) mass is 295 g/mol. The topological polar surface area (TPSA) is 39.1 Å². The maximum absolute atomic E-state index is 13.0. The van der Waals surface area contributed by atoms with E-state index in [0.717, 1.165) is 22.5 Å². The van der Waals surface area contributed by atoms with Crippen molar-refractivity contribution in [2.75, 3.05) is 5.32 Å². The van der Waals surface area contributed by atoms with Crippen molar-refractivity contribution >= 4 is 5.69 Å². The molecule has 0 saturated carbocycles. The Hall–Kier alpha value is -2.66. The Kier molecular flexibility index (Phi) is 3.12. The maximum Gasteiger partial charge on any atom is 0.157 e.